The summed E-state index contributed by atoms with van der Waals surface area (Å²) in [7, 11) is 0. The van der Waals surface area contributed by atoms with E-state index in [9.17, 15) is 4.79 Å². The molecular weight excluding hydrogens is 406 g/mol. The van der Waals surface area contributed by atoms with Gasteiger partial charge in [-0.25, -0.2) is 4.98 Å². The van der Waals surface area contributed by atoms with E-state index in [1.165, 1.54) is 0 Å². The number of fused-ring (bicyclic) bond motifs is 1. The number of nitrogens with one attached hydrogen (secondary N) is 2. The zero-order chi connectivity index (χ0) is 22.1. The lowest BCUT2D eigenvalue weighted by Gasteiger charge is -2.14. The second-order valence-electron chi connectivity index (χ2n) is 7.65. The van der Waals surface area contributed by atoms with Crippen LogP contribution < -0.4 is 10.6 Å². The normalized spacial score (nSPS) is 10.8. The first kappa shape index (κ1) is 20.8. The number of hydrogen-bond acceptors (Lipinski definition) is 4. The monoisotopic (exact) mass is 429 g/mol. The summed E-state index contributed by atoms with van der Waals surface area (Å²) in [6.07, 6.45) is 0. The van der Waals surface area contributed by atoms with Crippen molar-refractivity contribution in [3.8, 4) is 11.5 Å². The minimum atomic E-state index is -0.241. The summed E-state index contributed by atoms with van der Waals surface area (Å²) >= 11 is 5.38. The van der Waals surface area contributed by atoms with Crippen LogP contribution >= 0.6 is 12.2 Å². The van der Waals surface area contributed by atoms with E-state index in [0.717, 1.165) is 44.6 Å². The third-order valence-electron chi connectivity index (χ3n) is 5.25. The van der Waals surface area contributed by atoms with Gasteiger partial charge >= 0.3 is 0 Å². The molecule has 0 radical (unpaired) electrons. The second kappa shape index (κ2) is 8.32. The highest BCUT2D eigenvalue weighted by Gasteiger charge is 2.16. The Balaban J connectivity index is 1.58. The molecular formula is C25H23N3O2S. The number of carbonyl (C=O) groups excluding carboxylic acids is 1. The highest BCUT2D eigenvalue weighted by Crippen LogP contribution is 2.32. The van der Waals surface area contributed by atoms with Gasteiger partial charge in [0.05, 0.1) is 0 Å². The van der Waals surface area contributed by atoms with Crippen LogP contribution in [0.15, 0.2) is 59.0 Å². The second-order valence-corrected chi connectivity index (χ2v) is 8.06. The van der Waals surface area contributed by atoms with E-state index in [1.807, 2.05) is 70.2 Å². The standard InChI is InChI=1S/C25H23N3O2S/c1-14-12-16(3)22-21(13-14)26-24(30-22)19-10-7-11-20(17(19)4)27-25(31)28-23(29)18-9-6-5-8-15(18)2/h5-13H,1-4H3,(H2,27,28,29,31). The van der Waals surface area contributed by atoms with E-state index in [2.05, 4.69) is 21.7 Å². The van der Waals surface area contributed by atoms with Crippen molar-refractivity contribution in [2.45, 2.75) is 27.7 Å². The number of nitrogens with zero attached hydrogens (tertiary/aromatic N) is 1. The molecule has 0 atom stereocenters. The number of benzene rings is 3. The zero-order valence-electron chi connectivity index (χ0n) is 17.9. The summed E-state index contributed by atoms with van der Waals surface area (Å²) in [5.41, 5.74) is 7.89. The van der Waals surface area contributed by atoms with Gasteiger partial charge in [0.2, 0.25) is 5.89 Å². The molecule has 156 valence electrons. The van der Waals surface area contributed by atoms with Gasteiger partial charge in [0.25, 0.3) is 5.91 Å². The van der Waals surface area contributed by atoms with E-state index >= 15 is 0 Å². The molecule has 31 heavy (non-hydrogen) atoms. The predicted octanol–water partition coefficient (Wildman–Crippen LogP) is 5.86. The maximum atomic E-state index is 12.5. The lowest BCUT2D eigenvalue weighted by atomic mass is 10.1. The summed E-state index contributed by atoms with van der Waals surface area (Å²) in [6, 6.07) is 17.3. The number of hydrogen-bond donors (Lipinski definition) is 2. The largest absolute Gasteiger partial charge is 0.436 e. The Morgan fingerprint density at radius 2 is 1.74 bits per heavy atom. The van der Waals surface area contributed by atoms with Crippen molar-refractivity contribution in [3.63, 3.8) is 0 Å². The van der Waals surface area contributed by atoms with Crippen LogP contribution in [-0.4, -0.2) is 16.0 Å². The summed E-state index contributed by atoms with van der Waals surface area (Å²) in [6.45, 7) is 7.92. The van der Waals surface area contributed by atoms with Gasteiger partial charge in [-0.2, -0.15) is 0 Å². The Hall–Kier alpha value is -3.51. The molecule has 0 unspecified atom stereocenters. The van der Waals surface area contributed by atoms with Crippen molar-refractivity contribution >= 4 is 40.0 Å². The Labute approximate surface area is 186 Å². The van der Waals surface area contributed by atoms with Crippen LogP contribution in [0.1, 0.15) is 32.6 Å². The lowest BCUT2D eigenvalue weighted by Crippen LogP contribution is -2.34. The fourth-order valence-corrected chi connectivity index (χ4v) is 3.85. The molecule has 0 aliphatic carbocycles. The molecule has 0 saturated heterocycles. The van der Waals surface area contributed by atoms with Gasteiger partial charge in [-0.3, -0.25) is 10.1 Å². The molecule has 3 aromatic carbocycles. The molecule has 0 saturated carbocycles. The van der Waals surface area contributed by atoms with Gasteiger partial charge in [-0.1, -0.05) is 30.3 Å². The summed E-state index contributed by atoms with van der Waals surface area (Å²) in [5, 5.41) is 6.11. The Bertz CT molecular complexity index is 1320. The van der Waals surface area contributed by atoms with Gasteiger partial charge < -0.3 is 9.73 Å². The summed E-state index contributed by atoms with van der Waals surface area (Å²) in [4.78, 5) is 17.2. The number of aromatic nitrogens is 1. The van der Waals surface area contributed by atoms with E-state index in [0.29, 0.717) is 11.5 Å². The Kier molecular flexibility index (Phi) is 5.57. The third kappa shape index (κ3) is 4.20. The first-order chi connectivity index (χ1) is 14.8. The highest BCUT2D eigenvalue weighted by molar-refractivity contribution is 7.80. The molecule has 1 aromatic heterocycles. The van der Waals surface area contributed by atoms with Crippen molar-refractivity contribution < 1.29 is 9.21 Å². The smallest absolute Gasteiger partial charge is 0.257 e. The first-order valence-corrected chi connectivity index (χ1v) is 10.4. The van der Waals surface area contributed by atoms with Crippen LogP contribution in [0.4, 0.5) is 5.69 Å². The predicted molar refractivity (Wildman–Crippen MR) is 129 cm³/mol. The molecule has 1 heterocycles. The third-order valence-corrected chi connectivity index (χ3v) is 5.45. The number of carbonyl (C=O) groups is 1. The fourth-order valence-electron chi connectivity index (χ4n) is 3.65. The van der Waals surface area contributed by atoms with Crippen LogP contribution in [0.3, 0.4) is 0 Å². The molecule has 4 aromatic rings. The SMILES string of the molecule is Cc1cc(C)c2oc(-c3cccc(NC(=S)NC(=O)c4ccccc4C)c3C)nc2c1. The number of amides is 1. The van der Waals surface area contributed by atoms with Gasteiger partial charge in [0, 0.05) is 16.8 Å². The summed E-state index contributed by atoms with van der Waals surface area (Å²) < 4.78 is 6.07. The summed E-state index contributed by atoms with van der Waals surface area (Å²) in [5.74, 6) is 0.314. The number of rotatable bonds is 3. The van der Waals surface area contributed by atoms with Crippen molar-refractivity contribution in [1.82, 2.24) is 10.3 Å². The maximum absolute atomic E-state index is 12.5. The minimum Gasteiger partial charge on any atom is -0.436 e. The van der Waals surface area contributed by atoms with Crippen LogP contribution in [-0.2, 0) is 0 Å². The van der Waals surface area contributed by atoms with Crippen LogP contribution in [0.5, 0.6) is 0 Å². The van der Waals surface area contributed by atoms with Gasteiger partial charge in [0.15, 0.2) is 10.7 Å². The van der Waals surface area contributed by atoms with E-state index in [4.69, 9.17) is 16.6 Å². The van der Waals surface area contributed by atoms with Crippen LogP contribution in [0.25, 0.3) is 22.6 Å². The first-order valence-electron chi connectivity index (χ1n) is 9.99. The molecule has 1 amide bonds. The molecule has 2 N–H and O–H groups in total. The van der Waals surface area contributed by atoms with E-state index < -0.39 is 0 Å². The minimum absolute atomic E-state index is 0.234. The maximum Gasteiger partial charge on any atom is 0.257 e. The van der Waals surface area contributed by atoms with Crippen molar-refractivity contribution in [2.24, 2.45) is 0 Å². The lowest BCUT2D eigenvalue weighted by molar-refractivity contribution is 0.0977. The van der Waals surface area contributed by atoms with E-state index in [1.54, 1.807) is 6.07 Å². The molecule has 0 bridgehead atoms. The Morgan fingerprint density at radius 1 is 0.968 bits per heavy atom. The van der Waals surface area contributed by atoms with Gasteiger partial charge in [-0.15, -0.1) is 0 Å². The van der Waals surface area contributed by atoms with Crippen LogP contribution in [0, 0.1) is 27.7 Å². The number of aryl methyl sites for hydroxylation is 3. The molecule has 0 fully saturated rings. The zero-order valence-corrected chi connectivity index (χ0v) is 18.7. The molecule has 0 aliphatic heterocycles. The van der Waals surface area contributed by atoms with Crippen molar-refractivity contribution in [3.05, 3.63) is 82.4 Å². The highest BCUT2D eigenvalue weighted by atomic mass is 32.1. The van der Waals surface area contributed by atoms with E-state index in [-0.39, 0.29) is 11.0 Å². The fraction of sp³-hybridized carbons (Fsp3) is 0.160. The molecule has 6 heteroatoms. The number of thiocarbonyl (C=S) groups is 1. The van der Waals surface area contributed by atoms with Crippen LogP contribution in [0.2, 0.25) is 0 Å². The topological polar surface area (TPSA) is 67.2 Å². The number of oxazole rings is 1. The molecule has 0 spiro atoms. The number of anilines is 1. The molecule has 0 aliphatic rings. The average Bonchev–Trinajstić information content (AvgIpc) is 3.14. The molecule has 5 nitrogen and oxygen atoms in total. The van der Waals surface area contributed by atoms with Gasteiger partial charge in [0.1, 0.15) is 5.52 Å². The van der Waals surface area contributed by atoms with Crippen molar-refractivity contribution in [2.75, 3.05) is 5.32 Å². The quantitative estimate of drug-likeness (QED) is 0.400. The van der Waals surface area contributed by atoms with Crippen molar-refractivity contribution in [1.29, 1.82) is 0 Å². The van der Waals surface area contributed by atoms with Gasteiger partial charge in [-0.05, 0) is 86.4 Å². The Morgan fingerprint density at radius 3 is 2.52 bits per heavy atom. The molecule has 4 rings (SSSR count). The average molecular weight is 430 g/mol.